The van der Waals surface area contributed by atoms with Crippen LogP contribution >= 0.6 is 0 Å². The fourth-order valence-corrected chi connectivity index (χ4v) is 1.89. The van der Waals surface area contributed by atoms with Crippen molar-refractivity contribution in [1.29, 1.82) is 0 Å². The van der Waals surface area contributed by atoms with E-state index in [-0.39, 0.29) is 5.41 Å². The van der Waals surface area contributed by atoms with Gasteiger partial charge in [0.2, 0.25) is 0 Å². The maximum atomic E-state index is 4.41. The minimum atomic E-state index is 0.287. The first kappa shape index (κ1) is 9.45. The van der Waals surface area contributed by atoms with Crippen molar-refractivity contribution in [3.8, 4) is 0 Å². The number of pyridine rings is 1. The number of hydrogen-bond acceptors (Lipinski definition) is 1. The minimum absolute atomic E-state index is 0.287. The molecule has 0 N–H and O–H groups in total. The average molecular weight is 187 g/mol. The molecule has 1 aliphatic rings. The third-order valence-corrected chi connectivity index (χ3v) is 2.86. The van der Waals surface area contributed by atoms with Gasteiger partial charge in [-0.3, -0.25) is 4.98 Å². The summed E-state index contributed by atoms with van der Waals surface area (Å²) in [4.78, 5) is 4.41. The lowest BCUT2D eigenvalue weighted by molar-refractivity contribution is 0.483. The number of aromatic nitrogens is 1. The fourth-order valence-electron chi connectivity index (χ4n) is 1.89. The highest BCUT2D eigenvalue weighted by atomic mass is 14.7. The van der Waals surface area contributed by atoms with Crippen LogP contribution in [0, 0.1) is 5.41 Å². The van der Waals surface area contributed by atoms with Gasteiger partial charge in [-0.25, -0.2) is 0 Å². The van der Waals surface area contributed by atoms with Gasteiger partial charge in [0.05, 0.1) is 5.69 Å². The van der Waals surface area contributed by atoms with Crippen LogP contribution in [0.5, 0.6) is 0 Å². The Morgan fingerprint density at radius 3 is 2.71 bits per heavy atom. The van der Waals surface area contributed by atoms with Crippen LogP contribution in [0.15, 0.2) is 23.9 Å². The molecule has 0 aromatic carbocycles. The summed E-state index contributed by atoms with van der Waals surface area (Å²) in [6.07, 6.45) is 6.47. The molecule has 0 saturated heterocycles. The molecule has 0 spiro atoms. The molecule has 0 aliphatic heterocycles. The Balaban J connectivity index is 2.41. The van der Waals surface area contributed by atoms with E-state index in [4.69, 9.17) is 0 Å². The van der Waals surface area contributed by atoms with Crippen molar-refractivity contribution in [3.63, 3.8) is 0 Å². The summed E-state index contributed by atoms with van der Waals surface area (Å²) < 4.78 is 0. The maximum absolute atomic E-state index is 4.41. The van der Waals surface area contributed by atoms with E-state index in [9.17, 15) is 0 Å². The van der Waals surface area contributed by atoms with Crippen molar-refractivity contribution in [3.05, 3.63) is 35.2 Å². The van der Waals surface area contributed by atoms with Crippen molar-refractivity contribution < 1.29 is 0 Å². The topological polar surface area (TPSA) is 12.9 Å². The highest BCUT2D eigenvalue weighted by Gasteiger charge is 2.20. The molecule has 14 heavy (non-hydrogen) atoms. The molecule has 0 amide bonds. The molecule has 74 valence electrons. The second-order valence-electron chi connectivity index (χ2n) is 4.97. The second kappa shape index (κ2) is 3.23. The van der Waals surface area contributed by atoms with Crippen LogP contribution in [0.3, 0.4) is 0 Å². The Kier molecular flexibility index (Phi) is 2.18. The standard InChI is InChI=1S/C13H17N/c1-13(2,3)11-7-6-10-5-4-8-14-12(10)9-11/h4-5,8-9H,6-7H2,1-3H3. The van der Waals surface area contributed by atoms with Crippen LogP contribution in [0.4, 0.5) is 0 Å². The highest BCUT2D eigenvalue weighted by molar-refractivity contribution is 5.56. The quantitative estimate of drug-likeness (QED) is 0.606. The van der Waals surface area contributed by atoms with Crippen LogP contribution in [0.25, 0.3) is 6.08 Å². The van der Waals surface area contributed by atoms with Gasteiger partial charge in [-0.05, 0) is 36.0 Å². The Bertz CT molecular complexity index is 369. The molecule has 1 aliphatic carbocycles. The lowest BCUT2D eigenvalue weighted by Crippen LogP contribution is -2.13. The SMILES string of the molecule is CC(C)(C)C1=Cc2ncccc2CC1. The van der Waals surface area contributed by atoms with Gasteiger partial charge in [0.15, 0.2) is 0 Å². The number of allylic oxidation sites excluding steroid dienone is 1. The summed E-state index contributed by atoms with van der Waals surface area (Å²) in [7, 11) is 0. The van der Waals surface area contributed by atoms with Crippen molar-refractivity contribution in [2.75, 3.05) is 0 Å². The van der Waals surface area contributed by atoms with Gasteiger partial charge in [0, 0.05) is 6.20 Å². The zero-order valence-electron chi connectivity index (χ0n) is 9.17. The van der Waals surface area contributed by atoms with Crippen molar-refractivity contribution in [2.24, 2.45) is 5.41 Å². The third kappa shape index (κ3) is 1.72. The first-order valence-corrected chi connectivity index (χ1v) is 5.22. The molecule has 1 aromatic rings. The highest BCUT2D eigenvalue weighted by Crippen LogP contribution is 2.34. The number of nitrogens with zero attached hydrogens (tertiary/aromatic N) is 1. The average Bonchev–Trinajstić information content (AvgIpc) is 2.16. The zero-order valence-corrected chi connectivity index (χ0v) is 9.17. The molecule has 1 heterocycles. The van der Waals surface area contributed by atoms with Gasteiger partial charge >= 0.3 is 0 Å². The molecule has 0 unspecified atom stereocenters. The van der Waals surface area contributed by atoms with E-state index < -0.39 is 0 Å². The molecular weight excluding hydrogens is 170 g/mol. The van der Waals surface area contributed by atoms with Gasteiger partial charge < -0.3 is 0 Å². The third-order valence-electron chi connectivity index (χ3n) is 2.86. The Morgan fingerprint density at radius 1 is 1.21 bits per heavy atom. The smallest absolute Gasteiger partial charge is 0.0661 e. The number of hydrogen-bond donors (Lipinski definition) is 0. The lowest BCUT2D eigenvalue weighted by atomic mass is 9.80. The van der Waals surface area contributed by atoms with Crippen LogP contribution in [-0.2, 0) is 6.42 Å². The van der Waals surface area contributed by atoms with E-state index in [1.165, 1.54) is 23.3 Å². The maximum Gasteiger partial charge on any atom is 0.0661 e. The summed E-state index contributed by atoms with van der Waals surface area (Å²) in [6, 6.07) is 4.20. The van der Waals surface area contributed by atoms with Gasteiger partial charge in [-0.1, -0.05) is 32.4 Å². The van der Waals surface area contributed by atoms with E-state index in [0.29, 0.717) is 0 Å². The number of aryl methyl sites for hydroxylation is 1. The van der Waals surface area contributed by atoms with Gasteiger partial charge in [-0.15, -0.1) is 0 Å². The van der Waals surface area contributed by atoms with E-state index in [0.717, 1.165) is 6.42 Å². The predicted octanol–water partition coefficient (Wildman–Crippen LogP) is 3.46. The molecule has 0 saturated carbocycles. The summed E-state index contributed by atoms with van der Waals surface area (Å²) in [5.41, 5.74) is 4.36. The Labute approximate surface area is 85.9 Å². The molecule has 0 radical (unpaired) electrons. The molecule has 0 atom stereocenters. The second-order valence-corrected chi connectivity index (χ2v) is 4.97. The Hall–Kier alpha value is -1.11. The first-order chi connectivity index (χ1) is 6.57. The lowest BCUT2D eigenvalue weighted by Gasteiger charge is -2.26. The summed E-state index contributed by atoms with van der Waals surface area (Å²) in [5.74, 6) is 0. The van der Waals surface area contributed by atoms with Crippen LogP contribution in [-0.4, -0.2) is 4.98 Å². The van der Waals surface area contributed by atoms with Crippen LogP contribution in [0.1, 0.15) is 38.4 Å². The van der Waals surface area contributed by atoms with Gasteiger partial charge in [-0.2, -0.15) is 0 Å². The summed E-state index contributed by atoms with van der Waals surface area (Å²) >= 11 is 0. The van der Waals surface area contributed by atoms with Crippen molar-refractivity contribution in [1.82, 2.24) is 4.98 Å². The van der Waals surface area contributed by atoms with Crippen molar-refractivity contribution in [2.45, 2.75) is 33.6 Å². The normalized spacial score (nSPS) is 16.1. The van der Waals surface area contributed by atoms with E-state index in [1.807, 2.05) is 12.3 Å². The van der Waals surface area contributed by atoms with E-state index in [1.54, 1.807) is 0 Å². The summed E-state index contributed by atoms with van der Waals surface area (Å²) in [6.45, 7) is 6.81. The van der Waals surface area contributed by atoms with E-state index in [2.05, 4.69) is 37.9 Å². The molecule has 1 heteroatoms. The van der Waals surface area contributed by atoms with Gasteiger partial charge in [0.25, 0.3) is 0 Å². The van der Waals surface area contributed by atoms with Crippen molar-refractivity contribution >= 4 is 6.08 Å². The molecule has 1 aromatic heterocycles. The van der Waals surface area contributed by atoms with Crippen LogP contribution < -0.4 is 0 Å². The monoisotopic (exact) mass is 187 g/mol. The minimum Gasteiger partial charge on any atom is -0.257 e. The Morgan fingerprint density at radius 2 is 2.00 bits per heavy atom. The molecule has 1 nitrogen and oxygen atoms in total. The molecule has 0 fully saturated rings. The van der Waals surface area contributed by atoms with E-state index >= 15 is 0 Å². The number of rotatable bonds is 0. The largest absolute Gasteiger partial charge is 0.257 e. The van der Waals surface area contributed by atoms with Crippen LogP contribution in [0.2, 0.25) is 0 Å². The molecule has 2 rings (SSSR count). The molecule has 0 bridgehead atoms. The van der Waals surface area contributed by atoms with Gasteiger partial charge in [0.1, 0.15) is 0 Å². The number of fused-ring (bicyclic) bond motifs is 1. The fraction of sp³-hybridized carbons (Fsp3) is 0.462. The summed E-state index contributed by atoms with van der Waals surface area (Å²) in [5, 5.41) is 0. The molecular formula is C13H17N. The predicted molar refractivity (Wildman–Crippen MR) is 60.0 cm³/mol. The zero-order chi connectivity index (χ0) is 10.2. The first-order valence-electron chi connectivity index (χ1n) is 5.22.